The van der Waals surface area contributed by atoms with Crippen molar-refractivity contribution < 1.29 is 14.4 Å². The summed E-state index contributed by atoms with van der Waals surface area (Å²) in [5, 5.41) is 3.01. The minimum atomic E-state index is -0.623. The molecule has 0 bridgehead atoms. The summed E-state index contributed by atoms with van der Waals surface area (Å²) in [6.45, 7) is 1.68. The predicted octanol–water partition coefficient (Wildman–Crippen LogP) is 3.18. The number of piperidine rings is 1. The van der Waals surface area contributed by atoms with Crippen molar-refractivity contribution in [2.75, 3.05) is 18.0 Å². The number of likely N-dealkylation sites (tertiary alicyclic amines) is 1. The van der Waals surface area contributed by atoms with Crippen molar-refractivity contribution in [3.8, 4) is 0 Å². The Labute approximate surface area is 176 Å². The average molecular weight is 405 g/mol. The van der Waals surface area contributed by atoms with Gasteiger partial charge in [0.1, 0.15) is 6.04 Å². The fourth-order valence-corrected chi connectivity index (χ4v) is 4.25. The van der Waals surface area contributed by atoms with Gasteiger partial charge >= 0.3 is 0 Å². The number of nitrogens with one attached hydrogen (secondary N) is 1. The van der Waals surface area contributed by atoms with Crippen LogP contribution in [-0.4, -0.2) is 35.7 Å². The molecule has 30 heavy (non-hydrogen) atoms. The van der Waals surface area contributed by atoms with Gasteiger partial charge in [-0.1, -0.05) is 42.5 Å². The molecule has 2 fully saturated rings. The molecule has 3 amide bonds. The Kier molecular flexibility index (Phi) is 6.12. The summed E-state index contributed by atoms with van der Waals surface area (Å²) < 4.78 is 0. The van der Waals surface area contributed by atoms with Gasteiger partial charge in [-0.15, -0.1) is 0 Å². The molecule has 2 aliphatic heterocycles. The van der Waals surface area contributed by atoms with Crippen molar-refractivity contribution in [3.63, 3.8) is 0 Å². The first-order chi connectivity index (χ1) is 14.6. The average Bonchev–Trinajstić information content (AvgIpc) is 3.21. The predicted molar refractivity (Wildman–Crippen MR) is 115 cm³/mol. The van der Waals surface area contributed by atoms with Crippen molar-refractivity contribution in [2.24, 2.45) is 0 Å². The SMILES string of the molecule is O=C(NCc1cccc(N2CCCC2=O)c1)C(c1ccccc1)N1CCCCC1=O. The Morgan fingerprint density at radius 1 is 0.900 bits per heavy atom. The molecule has 2 aromatic carbocycles. The van der Waals surface area contributed by atoms with E-state index in [9.17, 15) is 14.4 Å². The monoisotopic (exact) mass is 405 g/mol. The summed E-state index contributed by atoms with van der Waals surface area (Å²) in [5.74, 6) is -0.0113. The van der Waals surface area contributed by atoms with E-state index >= 15 is 0 Å². The molecule has 0 saturated carbocycles. The van der Waals surface area contributed by atoms with E-state index < -0.39 is 6.04 Å². The Balaban J connectivity index is 1.49. The second-order valence-corrected chi connectivity index (χ2v) is 7.89. The Hall–Kier alpha value is -3.15. The first-order valence-corrected chi connectivity index (χ1v) is 10.6. The van der Waals surface area contributed by atoms with E-state index in [2.05, 4.69) is 5.32 Å². The maximum atomic E-state index is 13.2. The molecule has 6 nitrogen and oxygen atoms in total. The van der Waals surface area contributed by atoms with Crippen molar-refractivity contribution >= 4 is 23.4 Å². The Morgan fingerprint density at radius 3 is 2.43 bits per heavy atom. The van der Waals surface area contributed by atoms with Crippen LogP contribution in [0.2, 0.25) is 0 Å². The number of carbonyl (C=O) groups excluding carboxylic acids is 3. The molecule has 0 spiro atoms. The molecular weight excluding hydrogens is 378 g/mol. The molecule has 4 rings (SSSR count). The van der Waals surface area contributed by atoms with Gasteiger partial charge in [-0.05, 0) is 42.5 Å². The molecule has 0 aliphatic carbocycles. The largest absolute Gasteiger partial charge is 0.350 e. The normalized spacial score (nSPS) is 17.9. The number of nitrogens with zero attached hydrogens (tertiary/aromatic N) is 2. The molecule has 2 aromatic rings. The first-order valence-electron chi connectivity index (χ1n) is 10.6. The summed E-state index contributed by atoms with van der Waals surface area (Å²) in [6, 6.07) is 16.6. The second-order valence-electron chi connectivity index (χ2n) is 7.89. The Morgan fingerprint density at radius 2 is 1.70 bits per heavy atom. The van der Waals surface area contributed by atoms with Crippen LogP contribution in [0.4, 0.5) is 5.69 Å². The highest BCUT2D eigenvalue weighted by molar-refractivity contribution is 5.95. The Bertz CT molecular complexity index is 928. The van der Waals surface area contributed by atoms with E-state index in [-0.39, 0.29) is 17.7 Å². The molecule has 2 heterocycles. The van der Waals surface area contributed by atoms with Crippen LogP contribution in [0, 0.1) is 0 Å². The molecule has 1 atom stereocenters. The highest BCUT2D eigenvalue weighted by Gasteiger charge is 2.32. The standard InChI is InChI=1S/C24H27N3O3/c28-21-13-7-15-26(21)20-11-6-8-18(16-20)17-25-24(30)23(19-9-2-1-3-10-19)27-14-5-4-12-22(27)29/h1-3,6,8-11,16,23H,4-5,7,12-15,17H2,(H,25,30). The maximum absolute atomic E-state index is 13.2. The van der Waals surface area contributed by atoms with Crippen LogP contribution in [-0.2, 0) is 20.9 Å². The lowest BCUT2D eigenvalue weighted by Crippen LogP contribution is -2.45. The molecule has 2 aliphatic rings. The summed E-state index contributed by atoms with van der Waals surface area (Å²) in [6.07, 6.45) is 3.74. The third-order valence-corrected chi connectivity index (χ3v) is 5.80. The van der Waals surface area contributed by atoms with Crippen LogP contribution in [0.3, 0.4) is 0 Å². The third-order valence-electron chi connectivity index (χ3n) is 5.80. The minimum Gasteiger partial charge on any atom is -0.350 e. The van der Waals surface area contributed by atoms with Crippen LogP contribution in [0.5, 0.6) is 0 Å². The van der Waals surface area contributed by atoms with E-state index in [0.717, 1.165) is 42.6 Å². The zero-order valence-electron chi connectivity index (χ0n) is 17.0. The van der Waals surface area contributed by atoms with Crippen molar-refractivity contribution in [3.05, 3.63) is 65.7 Å². The number of amides is 3. The summed E-state index contributed by atoms with van der Waals surface area (Å²) in [7, 11) is 0. The van der Waals surface area contributed by atoms with Crippen molar-refractivity contribution in [2.45, 2.75) is 44.7 Å². The summed E-state index contributed by atoms with van der Waals surface area (Å²) in [4.78, 5) is 41.2. The van der Waals surface area contributed by atoms with E-state index in [1.165, 1.54) is 0 Å². The molecule has 1 unspecified atom stereocenters. The van der Waals surface area contributed by atoms with Crippen LogP contribution < -0.4 is 10.2 Å². The van der Waals surface area contributed by atoms with Crippen LogP contribution in [0.15, 0.2) is 54.6 Å². The number of hydrogen-bond donors (Lipinski definition) is 1. The summed E-state index contributed by atoms with van der Waals surface area (Å²) in [5.41, 5.74) is 2.62. The van der Waals surface area contributed by atoms with Crippen LogP contribution in [0.25, 0.3) is 0 Å². The van der Waals surface area contributed by atoms with E-state index in [4.69, 9.17) is 0 Å². The van der Waals surface area contributed by atoms with Gasteiger partial charge in [-0.2, -0.15) is 0 Å². The van der Waals surface area contributed by atoms with Crippen LogP contribution >= 0.6 is 0 Å². The smallest absolute Gasteiger partial charge is 0.247 e. The molecule has 6 heteroatoms. The van der Waals surface area contributed by atoms with Gasteiger partial charge in [-0.25, -0.2) is 0 Å². The van der Waals surface area contributed by atoms with E-state index in [1.54, 1.807) is 9.80 Å². The lowest BCUT2D eigenvalue weighted by Gasteiger charge is -2.34. The quantitative estimate of drug-likeness (QED) is 0.803. The van der Waals surface area contributed by atoms with Gasteiger partial charge in [0.15, 0.2) is 0 Å². The first kappa shape index (κ1) is 20.1. The molecule has 1 N–H and O–H groups in total. The molecule has 2 saturated heterocycles. The molecule has 0 aromatic heterocycles. The van der Waals surface area contributed by atoms with Gasteiger partial charge in [-0.3, -0.25) is 14.4 Å². The van der Waals surface area contributed by atoms with Gasteiger partial charge in [0.25, 0.3) is 0 Å². The van der Waals surface area contributed by atoms with Gasteiger partial charge < -0.3 is 15.1 Å². The zero-order valence-corrected chi connectivity index (χ0v) is 17.0. The zero-order chi connectivity index (χ0) is 20.9. The second kappa shape index (κ2) is 9.11. The van der Waals surface area contributed by atoms with Gasteiger partial charge in [0.05, 0.1) is 0 Å². The summed E-state index contributed by atoms with van der Waals surface area (Å²) >= 11 is 0. The van der Waals surface area contributed by atoms with E-state index in [0.29, 0.717) is 25.9 Å². The molecular formula is C24H27N3O3. The highest BCUT2D eigenvalue weighted by atomic mass is 16.2. The number of benzene rings is 2. The molecule has 0 radical (unpaired) electrons. The lowest BCUT2D eigenvalue weighted by molar-refractivity contribution is -0.142. The van der Waals surface area contributed by atoms with Gasteiger partial charge in [0, 0.05) is 38.2 Å². The minimum absolute atomic E-state index is 0.0276. The third kappa shape index (κ3) is 4.37. The topological polar surface area (TPSA) is 69.7 Å². The maximum Gasteiger partial charge on any atom is 0.247 e. The number of rotatable bonds is 6. The fraction of sp³-hybridized carbons (Fsp3) is 0.375. The van der Waals surface area contributed by atoms with E-state index in [1.807, 2.05) is 54.6 Å². The van der Waals surface area contributed by atoms with Gasteiger partial charge in [0.2, 0.25) is 17.7 Å². The van der Waals surface area contributed by atoms with Crippen molar-refractivity contribution in [1.82, 2.24) is 10.2 Å². The lowest BCUT2D eigenvalue weighted by atomic mass is 10.0. The fourth-order valence-electron chi connectivity index (χ4n) is 4.25. The number of hydrogen-bond acceptors (Lipinski definition) is 3. The number of carbonyl (C=O) groups is 3. The van der Waals surface area contributed by atoms with Crippen LogP contribution in [0.1, 0.15) is 49.3 Å². The number of anilines is 1. The van der Waals surface area contributed by atoms with Crippen molar-refractivity contribution in [1.29, 1.82) is 0 Å². The molecule has 156 valence electrons. The highest BCUT2D eigenvalue weighted by Crippen LogP contribution is 2.26.